The van der Waals surface area contributed by atoms with Crippen molar-refractivity contribution in [2.24, 2.45) is 0 Å². The number of piperidine rings is 1. The Hall–Kier alpha value is -1.22. The van der Waals surface area contributed by atoms with E-state index in [0.29, 0.717) is 12.1 Å². The molecule has 0 saturated carbocycles. The largest absolute Gasteiger partial charge is 0.494 e. The van der Waals surface area contributed by atoms with Crippen LogP contribution >= 0.6 is 0 Å². The maximum absolute atomic E-state index is 5.69. The van der Waals surface area contributed by atoms with Gasteiger partial charge in [0, 0.05) is 36.9 Å². The summed E-state index contributed by atoms with van der Waals surface area (Å²) in [5.41, 5.74) is 1.18. The lowest BCUT2D eigenvalue weighted by Gasteiger charge is -2.35. The van der Waals surface area contributed by atoms with E-state index >= 15 is 0 Å². The zero-order valence-corrected chi connectivity index (χ0v) is 13.1. The second kappa shape index (κ2) is 7.53. The Bertz CT molecular complexity index is 398. The zero-order valence-electron chi connectivity index (χ0n) is 13.1. The van der Waals surface area contributed by atoms with Crippen LogP contribution in [0.2, 0.25) is 0 Å². The molecule has 1 aliphatic rings. The minimum atomic E-state index is 0.589. The van der Waals surface area contributed by atoms with E-state index < -0.39 is 0 Å². The normalized spacial score (nSPS) is 17.4. The van der Waals surface area contributed by atoms with Crippen LogP contribution in [0.25, 0.3) is 0 Å². The van der Waals surface area contributed by atoms with Gasteiger partial charge in [-0.05, 0) is 45.2 Å². The smallest absolute Gasteiger partial charge is 0.121 e. The third-order valence-electron chi connectivity index (χ3n) is 3.94. The highest BCUT2D eigenvalue weighted by Crippen LogP contribution is 2.21. The van der Waals surface area contributed by atoms with Crippen molar-refractivity contribution in [3.63, 3.8) is 0 Å². The molecule has 3 nitrogen and oxygen atoms in total. The molecule has 0 aromatic heterocycles. The van der Waals surface area contributed by atoms with Crippen molar-refractivity contribution in [3.05, 3.63) is 24.3 Å². The number of nitrogens with zero attached hydrogens (tertiary/aromatic N) is 1. The Labute approximate surface area is 123 Å². The first kappa shape index (κ1) is 15.2. The lowest BCUT2D eigenvalue weighted by atomic mass is 10.0. The Kier molecular flexibility index (Phi) is 5.72. The van der Waals surface area contributed by atoms with E-state index in [4.69, 9.17) is 4.74 Å². The highest BCUT2D eigenvalue weighted by molar-refractivity contribution is 5.48. The average molecular weight is 276 g/mol. The fourth-order valence-electron chi connectivity index (χ4n) is 2.69. The van der Waals surface area contributed by atoms with Crippen LogP contribution in [0.1, 0.15) is 40.0 Å². The number of hydrogen-bond donors (Lipinski definition) is 1. The van der Waals surface area contributed by atoms with Gasteiger partial charge in [0.05, 0.1) is 6.61 Å². The van der Waals surface area contributed by atoms with Crippen molar-refractivity contribution in [2.45, 2.75) is 52.1 Å². The van der Waals surface area contributed by atoms with Gasteiger partial charge in [-0.3, -0.25) is 0 Å². The molecule has 1 N–H and O–H groups in total. The molecule has 0 radical (unpaired) electrons. The van der Waals surface area contributed by atoms with Crippen LogP contribution in [0, 0.1) is 0 Å². The first-order chi connectivity index (χ1) is 9.69. The number of ether oxygens (including phenoxy) is 1. The van der Waals surface area contributed by atoms with Gasteiger partial charge < -0.3 is 15.0 Å². The number of benzene rings is 1. The topological polar surface area (TPSA) is 24.5 Å². The molecule has 0 bridgehead atoms. The van der Waals surface area contributed by atoms with Gasteiger partial charge >= 0.3 is 0 Å². The molecule has 2 rings (SSSR count). The Morgan fingerprint density at radius 1 is 1.30 bits per heavy atom. The zero-order chi connectivity index (χ0) is 14.4. The first-order valence-electron chi connectivity index (χ1n) is 7.92. The SMILES string of the molecule is CCCOc1cccc(NC2CCN(C(C)C)CC2)c1. The van der Waals surface area contributed by atoms with Crippen molar-refractivity contribution in [2.75, 3.05) is 25.0 Å². The van der Waals surface area contributed by atoms with Crippen molar-refractivity contribution in [1.29, 1.82) is 0 Å². The predicted octanol–water partition coefficient (Wildman–Crippen LogP) is 3.76. The Balaban J connectivity index is 1.84. The van der Waals surface area contributed by atoms with Crippen LogP contribution in [0.3, 0.4) is 0 Å². The molecule has 0 unspecified atom stereocenters. The van der Waals surface area contributed by atoms with Crippen LogP contribution in [-0.4, -0.2) is 36.7 Å². The Morgan fingerprint density at radius 3 is 2.70 bits per heavy atom. The van der Waals surface area contributed by atoms with E-state index in [0.717, 1.165) is 18.8 Å². The average Bonchev–Trinajstić information content (AvgIpc) is 2.46. The van der Waals surface area contributed by atoms with Crippen LogP contribution in [0.5, 0.6) is 5.75 Å². The molecule has 1 aromatic carbocycles. The summed E-state index contributed by atoms with van der Waals surface area (Å²) in [6.45, 7) is 9.87. The lowest BCUT2D eigenvalue weighted by molar-refractivity contribution is 0.177. The van der Waals surface area contributed by atoms with Crippen LogP contribution in [-0.2, 0) is 0 Å². The van der Waals surface area contributed by atoms with E-state index in [1.807, 2.05) is 6.07 Å². The lowest BCUT2D eigenvalue weighted by Crippen LogP contribution is -2.42. The van der Waals surface area contributed by atoms with E-state index in [-0.39, 0.29) is 0 Å². The van der Waals surface area contributed by atoms with Gasteiger partial charge in [-0.25, -0.2) is 0 Å². The molecule has 0 aliphatic carbocycles. The van der Waals surface area contributed by atoms with Gasteiger partial charge in [0.2, 0.25) is 0 Å². The van der Waals surface area contributed by atoms with Crippen LogP contribution in [0.15, 0.2) is 24.3 Å². The van der Waals surface area contributed by atoms with E-state index in [1.54, 1.807) is 0 Å². The molecule has 1 aromatic rings. The quantitative estimate of drug-likeness (QED) is 0.856. The summed E-state index contributed by atoms with van der Waals surface area (Å²) in [4.78, 5) is 2.55. The van der Waals surface area contributed by atoms with Crippen LogP contribution in [0.4, 0.5) is 5.69 Å². The molecule has 0 spiro atoms. The molecule has 1 heterocycles. The minimum Gasteiger partial charge on any atom is -0.494 e. The number of anilines is 1. The molecule has 1 aliphatic heterocycles. The van der Waals surface area contributed by atoms with Crippen molar-refractivity contribution in [3.8, 4) is 5.75 Å². The van der Waals surface area contributed by atoms with E-state index in [1.165, 1.54) is 31.6 Å². The maximum Gasteiger partial charge on any atom is 0.121 e. The van der Waals surface area contributed by atoms with E-state index in [9.17, 15) is 0 Å². The summed E-state index contributed by atoms with van der Waals surface area (Å²) < 4.78 is 5.69. The molecule has 0 amide bonds. The second-order valence-electron chi connectivity index (χ2n) is 5.92. The summed E-state index contributed by atoms with van der Waals surface area (Å²) in [7, 11) is 0. The van der Waals surface area contributed by atoms with Gasteiger partial charge in [-0.2, -0.15) is 0 Å². The molecule has 20 heavy (non-hydrogen) atoms. The molecule has 1 saturated heterocycles. The third kappa shape index (κ3) is 4.41. The monoisotopic (exact) mass is 276 g/mol. The molecule has 3 heteroatoms. The van der Waals surface area contributed by atoms with Gasteiger partial charge in [0.25, 0.3) is 0 Å². The molecular weight excluding hydrogens is 248 g/mol. The van der Waals surface area contributed by atoms with Crippen molar-refractivity contribution < 1.29 is 4.74 Å². The fraction of sp³-hybridized carbons (Fsp3) is 0.647. The number of rotatable bonds is 6. The minimum absolute atomic E-state index is 0.589. The highest BCUT2D eigenvalue weighted by atomic mass is 16.5. The predicted molar refractivity (Wildman–Crippen MR) is 85.6 cm³/mol. The van der Waals surface area contributed by atoms with Crippen LogP contribution < -0.4 is 10.1 Å². The van der Waals surface area contributed by atoms with Gasteiger partial charge in [0.15, 0.2) is 0 Å². The summed E-state index contributed by atoms with van der Waals surface area (Å²) in [5.74, 6) is 0.969. The third-order valence-corrected chi connectivity index (χ3v) is 3.94. The van der Waals surface area contributed by atoms with E-state index in [2.05, 4.69) is 49.2 Å². The highest BCUT2D eigenvalue weighted by Gasteiger charge is 2.20. The maximum atomic E-state index is 5.69. The summed E-state index contributed by atoms with van der Waals surface area (Å²) in [6, 6.07) is 9.60. The number of likely N-dealkylation sites (tertiary alicyclic amines) is 1. The van der Waals surface area contributed by atoms with Crippen molar-refractivity contribution in [1.82, 2.24) is 4.90 Å². The second-order valence-corrected chi connectivity index (χ2v) is 5.92. The Morgan fingerprint density at radius 2 is 2.05 bits per heavy atom. The fourth-order valence-corrected chi connectivity index (χ4v) is 2.69. The number of hydrogen-bond acceptors (Lipinski definition) is 3. The molecule has 1 fully saturated rings. The summed E-state index contributed by atoms with van der Waals surface area (Å²) in [5, 5.41) is 3.65. The molecular formula is C17H28N2O. The van der Waals surface area contributed by atoms with Crippen molar-refractivity contribution >= 4 is 5.69 Å². The standard InChI is InChI=1S/C17H28N2O/c1-4-12-20-17-7-5-6-16(13-17)18-15-8-10-19(11-9-15)14(2)3/h5-7,13-15,18H,4,8-12H2,1-3H3. The van der Waals surface area contributed by atoms with Gasteiger partial charge in [0.1, 0.15) is 5.75 Å². The van der Waals surface area contributed by atoms with Gasteiger partial charge in [-0.1, -0.05) is 13.0 Å². The molecule has 112 valence electrons. The number of nitrogens with one attached hydrogen (secondary N) is 1. The summed E-state index contributed by atoms with van der Waals surface area (Å²) in [6.07, 6.45) is 3.49. The van der Waals surface area contributed by atoms with Gasteiger partial charge in [-0.15, -0.1) is 0 Å². The molecule has 0 atom stereocenters. The first-order valence-corrected chi connectivity index (χ1v) is 7.92. The summed E-state index contributed by atoms with van der Waals surface area (Å²) >= 11 is 0.